The van der Waals surface area contributed by atoms with Crippen molar-refractivity contribution in [1.29, 1.82) is 0 Å². The van der Waals surface area contributed by atoms with E-state index in [0.29, 0.717) is 5.56 Å². The molecule has 0 radical (unpaired) electrons. The second kappa shape index (κ2) is 5.17. The zero-order valence-electron chi connectivity index (χ0n) is 10.6. The second-order valence-corrected chi connectivity index (χ2v) is 6.48. The Bertz CT molecular complexity index is 526. The predicted molar refractivity (Wildman–Crippen MR) is 67.9 cm³/mol. The van der Waals surface area contributed by atoms with Crippen molar-refractivity contribution < 1.29 is 18.3 Å². The largest absolute Gasteiger partial charge is 0.389 e. The molecule has 0 bridgehead atoms. The fourth-order valence-electron chi connectivity index (χ4n) is 1.22. The van der Waals surface area contributed by atoms with E-state index in [0.717, 1.165) is 0 Å². The number of carbonyl (C=O) groups is 1. The van der Waals surface area contributed by atoms with Crippen LogP contribution < -0.4 is 4.72 Å². The molecule has 0 aromatic heterocycles. The van der Waals surface area contributed by atoms with Gasteiger partial charge in [0.2, 0.25) is 10.0 Å². The first-order chi connectivity index (χ1) is 8.12. The van der Waals surface area contributed by atoms with Gasteiger partial charge in [-0.15, -0.1) is 0 Å². The molecule has 100 valence electrons. The lowest BCUT2D eigenvalue weighted by atomic mass is 10.1. The van der Waals surface area contributed by atoms with Crippen LogP contribution >= 0.6 is 0 Å². The molecule has 6 heteroatoms. The molecule has 0 heterocycles. The van der Waals surface area contributed by atoms with Crippen LogP contribution in [0.4, 0.5) is 0 Å². The highest BCUT2D eigenvalue weighted by atomic mass is 32.2. The van der Waals surface area contributed by atoms with Crippen LogP contribution in [-0.2, 0) is 10.0 Å². The van der Waals surface area contributed by atoms with Crippen molar-refractivity contribution in [3.63, 3.8) is 0 Å². The van der Waals surface area contributed by atoms with Gasteiger partial charge in [0.25, 0.3) is 0 Å². The van der Waals surface area contributed by atoms with Crippen molar-refractivity contribution >= 4 is 15.8 Å². The van der Waals surface area contributed by atoms with E-state index in [2.05, 4.69) is 4.72 Å². The molecule has 0 aliphatic rings. The lowest BCUT2D eigenvalue weighted by molar-refractivity contribution is 0.0857. The average molecular weight is 271 g/mol. The first kappa shape index (κ1) is 14.8. The number of hydrogen-bond acceptors (Lipinski definition) is 4. The predicted octanol–water partition coefficient (Wildman–Crippen LogP) is 0.938. The van der Waals surface area contributed by atoms with Crippen LogP contribution in [0.2, 0.25) is 0 Å². The number of rotatable bonds is 5. The van der Waals surface area contributed by atoms with Gasteiger partial charge in [-0.1, -0.05) is 12.1 Å². The van der Waals surface area contributed by atoms with E-state index in [1.54, 1.807) is 0 Å². The molecule has 0 unspecified atom stereocenters. The molecule has 5 nitrogen and oxygen atoms in total. The maximum atomic E-state index is 11.9. The summed E-state index contributed by atoms with van der Waals surface area (Å²) in [6.07, 6.45) is 0. The van der Waals surface area contributed by atoms with Gasteiger partial charge in [-0.3, -0.25) is 4.79 Å². The molecule has 18 heavy (non-hydrogen) atoms. The molecule has 0 fully saturated rings. The molecule has 1 aromatic carbocycles. The lowest BCUT2D eigenvalue weighted by Crippen LogP contribution is -2.38. The molecule has 0 saturated heterocycles. The highest BCUT2D eigenvalue weighted by Crippen LogP contribution is 2.11. The molecule has 0 aliphatic heterocycles. The molecule has 2 N–H and O–H groups in total. The van der Waals surface area contributed by atoms with Crippen molar-refractivity contribution in [2.75, 3.05) is 6.54 Å². The topological polar surface area (TPSA) is 83.5 Å². The van der Waals surface area contributed by atoms with Gasteiger partial charge in [-0.05, 0) is 32.9 Å². The van der Waals surface area contributed by atoms with Crippen LogP contribution in [0.15, 0.2) is 29.2 Å². The van der Waals surface area contributed by atoms with E-state index in [1.165, 1.54) is 45.0 Å². The fourth-order valence-corrected chi connectivity index (χ4v) is 2.43. The molecule has 0 spiro atoms. The molecule has 0 amide bonds. The first-order valence-electron chi connectivity index (χ1n) is 5.45. The monoisotopic (exact) mass is 271 g/mol. The summed E-state index contributed by atoms with van der Waals surface area (Å²) in [4.78, 5) is 11.1. The minimum atomic E-state index is -3.66. The Balaban J connectivity index is 2.89. The number of carbonyl (C=O) groups excluding carboxylic acids is 1. The quantitative estimate of drug-likeness (QED) is 0.781. The number of Topliss-reactive ketones (excluding diaryl/α,β-unsaturated/α-hetero) is 1. The summed E-state index contributed by atoms with van der Waals surface area (Å²) >= 11 is 0. The van der Waals surface area contributed by atoms with Crippen LogP contribution in [0.3, 0.4) is 0 Å². The van der Waals surface area contributed by atoms with E-state index in [1.807, 2.05) is 0 Å². The van der Waals surface area contributed by atoms with E-state index in [4.69, 9.17) is 0 Å². The molecule has 0 aliphatic carbocycles. The maximum Gasteiger partial charge on any atom is 0.240 e. The van der Waals surface area contributed by atoms with Gasteiger partial charge in [0, 0.05) is 12.1 Å². The van der Waals surface area contributed by atoms with Crippen LogP contribution in [0, 0.1) is 0 Å². The van der Waals surface area contributed by atoms with Crippen molar-refractivity contribution in [2.45, 2.75) is 31.3 Å². The minimum Gasteiger partial charge on any atom is -0.389 e. The maximum absolute atomic E-state index is 11.9. The smallest absolute Gasteiger partial charge is 0.240 e. The van der Waals surface area contributed by atoms with E-state index >= 15 is 0 Å². The number of sulfonamides is 1. The lowest BCUT2D eigenvalue weighted by Gasteiger charge is -2.17. The average Bonchev–Trinajstić information content (AvgIpc) is 2.26. The van der Waals surface area contributed by atoms with Crippen LogP contribution in [-0.4, -0.2) is 31.5 Å². The van der Waals surface area contributed by atoms with Gasteiger partial charge < -0.3 is 5.11 Å². The number of ketones is 1. The molecule has 1 rings (SSSR count). The van der Waals surface area contributed by atoms with Crippen molar-refractivity contribution in [1.82, 2.24) is 4.72 Å². The Hall–Kier alpha value is -1.24. The normalized spacial score (nSPS) is 12.4. The third kappa shape index (κ3) is 4.21. The van der Waals surface area contributed by atoms with Crippen molar-refractivity contribution in [3.8, 4) is 0 Å². The Labute approximate surface area is 107 Å². The standard InChI is InChI=1S/C12H17NO4S/c1-9(14)10-4-6-11(7-5-10)18(16,17)13-8-12(2,3)15/h4-7,13,15H,8H2,1-3H3. The third-order valence-corrected chi connectivity index (χ3v) is 3.68. The van der Waals surface area contributed by atoms with Crippen molar-refractivity contribution in [2.24, 2.45) is 0 Å². The molecule has 0 atom stereocenters. The zero-order chi connectivity index (χ0) is 14.0. The van der Waals surface area contributed by atoms with Gasteiger partial charge in [0.05, 0.1) is 10.5 Å². The Morgan fingerprint density at radius 3 is 2.17 bits per heavy atom. The van der Waals surface area contributed by atoms with Crippen LogP contribution in [0.1, 0.15) is 31.1 Å². The van der Waals surface area contributed by atoms with E-state index in [9.17, 15) is 18.3 Å². The Kier molecular flexibility index (Phi) is 4.26. The van der Waals surface area contributed by atoms with Gasteiger partial charge in [0.15, 0.2) is 5.78 Å². The molecule has 0 saturated carbocycles. The number of benzene rings is 1. The minimum absolute atomic E-state index is 0.0664. The van der Waals surface area contributed by atoms with Crippen molar-refractivity contribution in [3.05, 3.63) is 29.8 Å². The summed E-state index contributed by atoms with van der Waals surface area (Å²) in [5, 5.41) is 9.47. The fraction of sp³-hybridized carbons (Fsp3) is 0.417. The first-order valence-corrected chi connectivity index (χ1v) is 6.93. The van der Waals surface area contributed by atoms with Gasteiger partial charge in [-0.2, -0.15) is 0 Å². The SMILES string of the molecule is CC(=O)c1ccc(S(=O)(=O)NCC(C)(C)O)cc1. The Morgan fingerprint density at radius 2 is 1.78 bits per heavy atom. The Morgan fingerprint density at radius 1 is 1.28 bits per heavy atom. The molecule has 1 aromatic rings. The summed E-state index contributed by atoms with van der Waals surface area (Å²) in [6.45, 7) is 4.35. The van der Waals surface area contributed by atoms with E-state index in [-0.39, 0.29) is 17.2 Å². The van der Waals surface area contributed by atoms with Gasteiger partial charge in [-0.25, -0.2) is 13.1 Å². The van der Waals surface area contributed by atoms with Gasteiger partial charge in [0.1, 0.15) is 0 Å². The third-order valence-electron chi connectivity index (χ3n) is 2.27. The zero-order valence-corrected chi connectivity index (χ0v) is 11.4. The summed E-state index contributed by atoms with van der Waals surface area (Å²) in [5.74, 6) is -0.122. The summed E-state index contributed by atoms with van der Waals surface area (Å²) < 4.78 is 26.0. The number of aliphatic hydroxyl groups is 1. The highest BCUT2D eigenvalue weighted by molar-refractivity contribution is 7.89. The number of nitrogens with one attached hydrogen (secondary N) is 1. The summed E-state index contributed by atoms with van der Waals surface area (Å²) in [6, 6.07) is 5.65. The second-order valence-electron chi connectivity index (χ2n) is 4.72. The van der Waals surface area contributed by atoms with E-state index < -0.39 is 15.6 Å². The summed E-state index contributed by atoms with van der Waals surface area (Å²) in [5.41, 5.74) is -0.664. The van der Waals surface area contributed by atoms with Crippen LogP contribution in [0.5, 0.6) is 0 Å². The molecular formula is C12H17NO4S. The summed E-state index contributed by atoms with van der Waals surface area (Å²) in [7, 11) is -3.66. The van der Waals surface area contributed by atoms with Gasteiger partial charge >= 0.3 is 0 Å². The molecular weight excluding hydrogens is 254 g/mol. The number of hydrogen-bond donors (Lipinski definition) is 2. The highest BCUT2D eigenvalue weighted by Gasteiger charge is 2.19. The van der Waals surface area contributed by atoms with Crippen LogP contribution in [0.25, 0.3) is 0 Å².